The van der Waals surface area contributed by atoms with Gasteiger partial charge in [-0.3, -0.25) is 4.79 Å². The lowest BCUT2D eigenvalue weighted by Crippen LogP contribution is -2.21. The van der Waals surface area contributed by atoms with Crippen molar-refractivity contribution < 1.29 is 0 Å². The Balaban J connectivity index is 2.82. The predicted octanol–water partition coefficient (Wildman–Crippen LogP) is 5.65. The van der Waals surface area contributed by atoms with Crippen LogP contribution in [-0.4, -0.2) is 11.6 Å². The Hall–Kier alpha value is -3.07. The topological polar surface area (TPSA) is 34.0 Å². The van der Waals surface area contributed by atoms with E-state index in [4.69, 9.17) is 0 Å². The Kier molecular flexibility index (Phi) is 7.82. The van der Waals surface area contributed by atoms with Crippen molar-refractivity contribution in [1.82, 2.24) is 9.88 Å². The summed E-state index contributed by atoms with van der Waals surface area (Å²) in [4.78, 5) is 12.7. The second-order valence-corrected chi connectivity index (χ2v) is 7.95. The molecule has 0 radical (unpaired) electrons. The molecule has 1 aromatic carbocycles. The third kappa shape index (κ3) is 5.10. The lowest BCUT2D eigenvalue weighted by atomic mass is 9.89. The number of pyridine rings is 1. The Bertz CT molecular complexity index is 1070. The fraction of sp³-hybridized carbons (Fsp3) is 0.296. The molecule has 0 amide bonds. The van der Waals surface area contributed by atoms with Gasteiger partial charge in [-0.05, 0) is 81.1 Å². The first kappa shape index (κ1) is 23.2. The minimum Gasteiger partial charge on any atom is -0.394 e. The maximum Gasteiger partial charge on any atom is 0.253 e. The minimum atomic E-state index is 0.0196. The van der Waals surface area contributed by atoms with Crippen molar-refractivity contribution in [3.05, 3.63) is 104 Å². The molecule has 0 aliphatic rings. The van der Waals surface area contributed by atoms with E-state index in [0.29, 0.717) is 0 Å². The number of allylic oxidation sites excluding steroid dienone is 5. The molecular weight excluding hydrogens is 368 g/mol. The SMILES string of the molecule is C=C/C(C)=C/c1c(C(/C=C\NC)=C(/C)Cc2c(C)cccc2C)cn(C)c(=O)c1C. The van der Waals surface area contributed by atoms with Crippen LogP contribution in [0, 0.1) is 20.8 Å². The fourth-order valence-corrected chi connectivity index (χ4v) is 3.71. The molecule has 2 rings (SSSR count). The standard InChI is InChI=1S/C27H34N2O/c1-9-18(2)15-25-22(6)27(30)29(8)17-26(25)23(13-14-28-7)21(5)16-24-19(3)11-10-12-20(24)4/h9-15,17,28H,1,16H2,2-8H3/b14-13-,18-15+,23-21-. The predicted molar refractivity (Wildman–Crippen MR) is 131 cm³/mol. The summed E-state index contributed by atoms with van der Waals surface area (Å²) in [6, 6.07) is 6.43. The minimum absolute atomic E-state index is 0.0196. The smallest absolute Gasteiger partial charge is 0.253 e. The van der Waals surface area contributed by atoms with E-state index in [1.54, 1.807) is 4.57 Å². The molecule has 3 nitrogen and oxygen atoms in total. The van der Waals surface area contributed by atoms with Gasteiger partial charge in [-0.25, -0.2) is 0 Å². The van der Waals surface area contributed by atoms with E-state index in [-0.39, 0.29) is 5.56 Å². The number of hydrogen-bond donors (Lipinski definition) is 1. The average Bonchev–Trinajstić information content (AvgIpc) is 2.71. The van der Waals surface area contributed by atoms with Crippen LogP contribution < -0.4 is 10.9 Å². The van der Waals surface area contributed by atoms with Crippen molar-refractivity contribution in [2.24, 2.45) is 7.05 Å². The Labute approximate surface area is 181 Å². The molecule has 0 bridgehead atoms. The molecule has 2 aromatic rings. The van der Waals surface area contributed by atoms with Crippen LogP contribution in [0.25, 0.3) is 11.6 Å². The molecule has 0 aliphatic heterocycles. The van der Waals surface area contributed by atoms with Crippen LogP contribution in [0.3, 0.4) is 0 Å². The maximum absolute atomic E-state index is 12.7. The first-order chi connectivity index (χ1) is 14.2. The van der Waals surface area contributed by atoms with Gasteiger partial charge in [0.1, 0.15) is 0 Å². The Morgan fingerprint density at radius 3 is 2.37 bits per heavy atom. The summed E-state index contributed by atoms with van der Waals surface area (Å²) < 4.78 is 1.67. The van der Waals surface area contributed by atoms with Gasteiger partial charge < -0.3 is 9.88 Å². The number of rotatable bonds is 7. The number of aryl methyl sites for hydroxylation is 3. The second-order valence-electron chi connectivity index (χ2n) is 7.95. The molecule has 1 heterocycles. The molecular formula is C27H34N2O. The van der Waals surface area contributed by atoms with Crippen LogP contribution in [0.1, 0.15) is 47.2 Å². The highest BCUT2D eigenvalue weighted by Gasteiger charge is 2.15. The summed E-state index contributed by atoms with van der Waals surface area (Å²) in [5, 5.41) is 3.11. The van der Waals surface area contributed by atoms with E-state index in [0.717, 1.165) is 34.3 Å². The fourth-order valence-electron chi connectivity index (χ4n) is 3.71. The van der Waals surface area contributed by atoms with Crippen LogP contribution in [0.4, 0.5) is 0 Å². The Morgan fingerprint density at radius 1 is 1.17 bits per heavy atom. The van der Waals surface area contributed by atoms with Gasteiger partial charge in [-0.2, -0.15) is 0 Å². The van der Waals surface area contributed by atoms with Crippen molar-refractivity contribution in [1.29, 1.82) is 0 Å². The van der Waals surface area contributed by atoms with Crippen molar-refractivity contribution in [2.45, 2.75) is 41.0 Å². The van der Waals surface area contributed by atoms with Gasteiger partial charge in [0, 0.05) is 31.4 Å². The van der Waals surface area contributed by atoms with Crippen LogP contribution in [-0.2, 0) is 13.5 Å². The highest BCUT2D eigenvalue weighted by atomic mass is 16.1. The number of hydrogen-bond acceptors (Lipinski definition) is 2. The summed E-state index contributed by atoms with van der Waals surface area (Å²) in [5.41, 5.74) is 10.1. The summed E-state index contributed by atoms with van der Waals surface area (Å²) in [6.45, 7) is 14.3. The van der Waals surface area contributed by atoms with E-state index in [9.17, 15) is 4.79 Å². The molecule has 158 valence electrons. The maximum atomic E-state index is 12.7. The molecule has 0 unspecified atom stereocenters. The number of aromatic nitrogens is 1. The summed E-state index contributed by atoms with van der Waals surface area (Å²) in [5.74, 6) is 0. The van der Waals surface area contributed by atoms with Gasteiger partial charge in [0.15, 0.2) is 0 Å². The molecule has 3 heteroatoms. The molecule has 0 atom stereocenters. The first-order valence-corrected chi connectivity index (χ1v) is 10.3. The molecule has 0 saturated heterocycles. The van der Waals surface area contributed by atoms with Crippen molar-refractivity contribution >= 4 is 11.6 Å². The highest BCUT2D eigenvalue weighted by molar-refractivity contribution is 5.83. The zero-order valence-corrected chi connectivity index (χ0v) is 19.4. The van der Waals surface area contributed by atoms with E-state index in [2.05, 4.69) is 63.0 Å². The van der Waals surface area contributed by atoms with Crippen molar-refractivity contribution in [2.75, 3.05) is 7.05 Å². The van der Waals surface area contributed by atoms with E-state index >= 15 is 0 Å². The number of benzene rings is 1. The summed E-state index contributed by atoms with van der Waals surface area (Å²) >= 11 is 0. The highest BCUT2D eigenvalue weighted by Crippen LogP contribution is 2.29. The van der Waals surface area contributed by atoms with Gasteiger partial charge in [0.25, 0.3) is 5.56 Å². The zero-order valence-electron chi connectivity index (χ0n) is 19.4. The number of nitrogens with one attached hydrogen (secondary N) is 1. The van der Waals surface area contributed by atoms with Gasteiger partial charge in [-0.1, -0.05) is 48.1 Å². The molecule has 30 heavy (non-hydrogen) atoms. The monoisotopic (exact) mass is 402 g/mol. The summed E-state index contributed by atoms with van der Waals surface area (Å²) in [6.07, 6.45) is 10.7. The van der Waals surface area contributed by atoms with Gasteiger partial charge in [0.2, 0.25) is 0 Å². The first-order valence-electron chi connectivity index (χ1n) is 10.3. The number of nitrogens with zero attached hydrogens (tertiary/aromatic N) is 1. The third-order valence-corrected chi connectivity index (χ3v) is 5.61. The van der Waals surface area contributed by atoms with E-state index in [1.807, 2.05) is 46.4 Å². The van der Waals surface area contributed by atoms with Crippen molar-refractivity contribution in [3.63, 3.8) is 0 Å². The van der Waals surface area contributed by atoms with Crippen LogP contribution >= 0.6 is 0 Å². The van der Waals surface area contributed by atoms with Crippen LogP contribution in [0.2, 0.25) is 0 Å². The van der Waals surface area contributed by atoms with Gasteiger partial charge in [-0.15, -0.1) is 0 Å². The lowest BCUT2D eigenvalue weighted by Gasteiger charge is -2.18. The quantitative estimate of drug-likeness (QED) is 0.607. The normalized spacial score (nSPS) is 12.8. The van der Waals surface area contributed by atoms with Crippen LogP contribution in [0.5, 0.6) is 0 Å². The summed E-state index contributed by atoms with van der Waals surface area (Å²) in [7, 11) is 3.70. The molecule has 0 fully saturated rings. The molecule has 0 saturated carbocycles. The average molecular weight is 403 g/mol. The third-order valence-electron chi connectivity index (χ3n) is 5.61. The van der Waals surface area contributed by atoms with E-state index in [1.165, 1.54) is 22.3 Å². The molecule has 0 spiro atoms. The van der Waals surface area contributed by atoms with Gasteiger partial charge in [0.05, 0.1) is 0 Å². The van der Waals surface area contributed by atoms with Crippen LogP contribution in [0.15, 0.2) is 65.3 Å². The lowest BCUT2D eigenvalue weighted by molar-refractivity contribution is 0.843. The molecule has 1 N–H and O–H groups in total. The second kappa shape index (κ2) is 10.1. The van der Waals surface area contributed by atoms with Gasteiger partial charge >= 0.3 is 0 Å². The molecule has 0 aliphatic carbocycles. The zero-order chi connectivity index (χ0) is 22.4. The Morgan fingerprint density at radius 2 is 1.80 bits per heavy atom. The van der Waals surface area contributed by atoms with Crippen molar-refractivity contribution in [3.8, 4) is 0 Å². The largest absolute Gasteiger partial charge is 0.394 e. The molecule has 1 aromatic heterocycles. The van der Waals surface area contributed by atoms with E-state index < -0.39 is 0 Å².